The lowest BCUT2D eigenvalue weighted by molar-refractivity contribution is 1.000. The van der Waals surface area contributed by atoms with Crippen LogP contribution in [0.1, 0.15) is 6.42 Å². The van der Waals surface area contributed by atoms with Gasteiger partial charge >= 0.3 is 0 Å². The summed E-state index contributed by atoms with van der Waals surface area (Å²) in [6, 6.07) is 33.0. The lowest BCUT2D eigenvalue weighted by Crippen LogP contribution is -2.15. The molecule has 0 saturated heterocycles. The van der Waals surface area contributed by atoms with Gasteiger partial charge in [-0.25, -0.2) is 0 Å². The van der Waals surface area contributed by atoms with E-state index in [4.69, 9.17) is 0 Å². The minimum absolute atomic E-state index is 0.242. The van der Waals surface area contributed by atoms with Crippen LogP contribution in [0.25, 0.3) is 0 Å². The second-order valence-corrected chi connectivity index (χ2v) is 9.81. The third-order valence-corrected chi connectivity index (χ3v) is 8.54. The van der Waals surface area contributed by atoms with Crippen molar-refractivity contribution in [2.24, 2.45) is 5.92 Å². The fourth-order valence-electron chi connectivity index (χ4n) is 3.04. The highest BCUT2D eigenvalue weighted by Gasteiger charge is 2.39. The Bertz CT molecular complexity index is 718. The van der Waals surface area contributed by atoms with E-state index in [0.717, 1.165) is 11.2 Å². The van der Waals surface area contributed by atoms with Crippen molar-refractivity contribution < 1.29 is 0 Å². The van der Waals surface area contributed by atoms with Crippen molar-refractivity contribution in [1.29, 1.82) is 0 Å². The Morgan fingerprint density at radius 3 is 1.75 bits per heavy atom. The van der Waals surface area contributed by atoms with Gasteiger partial charge in [0.15, 0.2) is 0 Å². The molecule has 3 aromatic carbocycles. The predicted octanol–water partition coefficient (Wildman–Crippen LogP) is 5.30. The monoisotopic (exact) mass is 348 g/mol. The van der Waals surface area contributed by atoms with Crippen molar-refractivity contribution in [2.45, 2.75) is 16.6 Å². The summed E-state index contributed by atoms with van der Waals surface area (Å²) < 4.78 is 0. The van der Waals surface area contributed by atoms with E-state index in [1.165, 1.54) is 28.1 Å². The van der Waals surface area contributed by atoms with E-state index < -0.39 is 0 Å². The molecule has 1 fully saturated rings. The maximum absolute atomic E-state index is 2.31. The Morgan fingerprint density at radius 1 is 0.708 bits per heavy atom. The normalized spacial score (nSPS) is 19.4. The quantitative estimate of drug-likeness (QED) is 0.545. The first-order chi connectivity index (χ1) is 11.9. The second-order valence-electron chi connectivity index (χ2n) is 6.25. The molecule has 24 heavy (non-hydrogen) atoms. The Kier molecular flexibility index (Phi) is 5.02. The largest absolute Gasteiger partial charge is 0.122 e. The lowest BCUT2D eigenvalue weighted by Gasteiger charge is -2.18. The van der Waals surface area contributed by atoms with Gasteiger partial charge in [-0.2, -0.15) is 0 Å². The van der Waals surface area contributed by atoms with E-state index in [0.29, 0.717) is 0 Å². The number of benzene rings is 3. The molecule has 120 valence electrons. The summed E-state index contributed by atoms with van der Waals surface area (Å²) in [4.78, 5) is 1.41. The first-order valence-corrected chi connectivity index (χ1v) is 10.9. The van der Waals surface area contributed by atoms with Gasteiger partial charge in [0.2, 0.25) is 0 Å². The number of hydrogen-bond donors (Lipinski definition) is 0. The van der Waals surface area contributed by atoms with Crippen LogP contribution in [0.2, 0.25) is 0 Å². The number of rotatable bonds is 6. The molecule has 0 heterocycles. The highest BCUT2D eigenvalue weighted by Crippen LogP contribution is 2.51. The number of hydrogen-bond acceptors (Lipinski definition) is 1. The Labute approximate surface area is 150 Å². The summed E-state index contributed by atoms with van der Waals surface area (Å²) in [5.41, 5.74) is 0. The van der Waals surface area contributed by atoms with Gasteiger partial charge in [-0.05, 0) is 49.2 Å². The molecular weight excluding hydrogens is 327 g/mol. The van der Waals surface area contributed by atoms with Crippen LogP contribution in [0.5, 0.6) is 0 Å². The summed E-state index contributed by atoms with van der Waals surface area (Å²) in [6.45, 7) is 0. The Morgan fingerprint density at radius 2 is 1.21 bits per heavy atom. The first-order valence-electron chi connectivity index (χ1n) is 8.49. The molecule has 1 aliphatic carbocycles. The molecule has 0 aliphatic heterocycles. The third kappa shape index (κ3) is 3.91. The zero-order chi connectivity index (χ0) is 16.2. The van der Waals surface area contributed by atoms with Crippen LogP contribution in [0, 0.1) is 5.92 Å². The average molecular weight is 348 g/mol. The summed E-state index contributed by atoms with van der Waals surface area (Å²) in [6.07, 6.45) is 2.67. The van der Waals surface area contributed by atoms with Crippen LogP contribution in [-0.2, 0) is 0 Å². The van der Waals surface area contributed by atoms with Gasteiger partial charge in [-0.1, -0.05) is 78.9 Å². The molecule has 1 aliphatic rings. The topological polar surface area (TPSA) is 0 Å². The predicted molar refractivity (Wildman–Crippen MR) is 108 cm³/mol. The highest BCUT2D eigenvalue weighted by atomic mass is 32.2. The molecule has 2 heteroatoms. The SMILES string of the molecule is c1ccc(S[C@@H]2C[C@@H]2CP(c2ccccc2)c2ccccc2)cc1. The minimum Gasteiger partial charge on any atom is -0.122 e. The summed E-state index contributed by atoms with van der Waals surface area (Å²) >= 11 is 2.06. The molecular formula is C22H21PS. The Balaban J connectivity index is 1.48. The van der Waals surface area contributed by atoms with Crippen molar-refractivity contribution in [3.8, 4) is 0 Å². The molecule has 1 saturated carbocycles. The van der Waals surface area contributed by atoms with E-state index in [2.05, 4.69) is 103 Å². The molecule has 4 rings (SSSR count). The average Bonchev–Trinajstić information content (AvgIpc) is 3.39. The van der Waals surface area contributed by atoms with Crippen LogP contribution in [0.4, 0.5) is 0 Å². The summed E-state index contributed by atoms with van der Waals surface area (Å²) in [7, 11) is -0.242. The van der Waals surface area contributed by atoms with E-state index in [1.807, 2.05) is 0 Å². The molecule has 0 bridgehead atoms. The second kappa shape index (κ2) is 7.55. The lowest BCUT2D eigenvalue weighted by atomic mass is 10.4. The van der Waals surface area contributed by atoms with Crippen molar-refractivity contribution in [2.75, 3.05) is 6.16 Å². The zero-order valence-corrected chi connectivity index (χ0v) is 15.3. The van der Waals surface area contributed by atoms with E-state index >= 15 is 0 Å². The maximum Gasteiger partial charge on any atom is 0.0130 e. The molecule has 0 nitrogen and oxygen atoms in total. The molecule has 0 spiro atoms. The molecule has 3 aromatic rings. The van der Waals surface area contributed by atoms with Crippen molar-refractivity contribution in [3.63, 3.8) is 0 Å². The molecule has 0 aromatic heterocycles. The van der Waals surface area contributed by atoms with Crippen molar-refractivity contribution >= 4 is 30.3 Å². The molecule has 0 amide bonds. The molecule has 2 atom stereocenters. The van der Waals surface area contributed by atoms with Crippen molar-refractivity contribution in [1.82, 2.24) is 0 Å². The van der Waals surface area contributed by atoms with Gasteiger partial charge in [0.05, 0.1) is 0 Å². The fraction of sp³-hybridized carbons (Fsp3) is 0.182. The van der Waals surface area contributed by atoms with E-state index in [1.54, 1.807) is 0 Å². The van der Waals surface area contributed by atoms with Crippen LogP contribution in [-0.4, -0.2) is 11.4 Å². The van der Waals surface area contributed by atoms with Gasteiger partial charge in [-0.3, -0.25) is 0 Å². The van der Waals surface area contributed by atoms with Gasteiger partial charge in [-0.15, -0.1) is 11.8 Å². The van der Waals surface area contributed by atoms with Crippen LogP contribution < -0.4 is 10.6 Å². The number of thioether (sulfide) groups is 1. The van der Waals surface area contributed by atoms with Crippen LogP contribution in [0.15, 0.2) is 95.9 Å². The molecule has 0 N–H and O–H groups in total. The summed E-state index contributed by atoms with van der Waals surface area (Å²) in [5.74, 6) is 0.849. The fourth-order valence-corrected chi connectivity index (χ4v) is 7.14. The maximum atomic E-state index is 2.31. The third-order valence-electron chi connectivity index (χ3n) is 4.44. The van der Waals surface area contributed by atoms with Gasteiger partial charge in [0, 0.05) is 10.1 Å². The van der Waals surface area contributed by atoms with Gasteiger partial charge in [0.25, 0.3) is 0 Å². The molecule has 0 unspecified atom stereocenters. The standard InChI is InChI=1S/C22H21PS/c1-4-10-19(11-5-1)23(20-12-6-2-7-13-20)17-18-16-22(18)24-21-14-8-3-9-15-21/h1-15,18,22H,16-17H2/t18-,22-/m1/s1. The van der Waals surface area contributed by atoms with E-state index in [-0.39, 0.29) is 7.92 Å². The van der Waals surface area contributed by atoms with Crippen LogP contribution in [0.3, 0.4) is 0 Å². The van der Waals surface area contributed by atoms with Crippen molar-refractivity contribution in [3.05, 3.63) is 91.0 Å². The molecule has 0 radical (unpaired) electrons. The minimum atomic E-state index is -0.242. The van der Waals surface area contributed by atoms with Crippen LogP contribution >= 0.6 is 19.7 Å². The zero-order valence-electron chi connectivity index (χ0n) is 13.6. The van der Waals surface area contributed by atoms with Gasteiger partial charge < -0.3 is 0 Å². The van der Waals surface area contributed by atoms with Gasteiger partial charge in [0.1, 0.15) is 0 Å². The van der Waals surface area contributed by atoms with E-state index in [9.17, 15) is 0 Å². The first kappa shape index (κ1) is 15.9. The Hall–Kier alpha value is -1.56. The summed E-state index contributed by atoms with van der Waals surface area (Å²) in [5, 5.41) is 3.81. The highest BCUT2D eigenvalue weighted by molar-refractivity contribution is 8.00. The smallest absolute Gasteiger partial charge is 0.0130 e.